The molecule has 0 bridgehead atoms. The highest BCUT2D eigenvalue weighted by atomic mass is 16.3. The normalized spacial score (nSPS) is 43.9. The van der Waals surface area contributed by atoms with E-state index in [1.807, 2.05) is 0 Å². The van der Waals surface area contributed by atoms with Crippen LogP contribution >= 0.6 is 0 Å². The molecule has 1 N–H and O–H groups in total. The van der Waals surface area contributed by atoms with Crippen molar-refractivity contribution < 1.29 is 5.11 Å². The molecule has 1 heteroatoms. The lowest BCUT2D eigenvalue weighted by molar-refractivity contribution is -0.00987. The van der Waals surface area contributed by atoms with Crippen molar-refractivity contribution >= 4 is 0 Å². The van der Waals surface area contributed by atoms with Crippen molar-refractivity contribution in [1.82, 2.24) is 0 Å². The monoisotopic (exact) mass is 194 g/mol. The van der Waals surface area contributed by atoms with E-state index in [1.165, 1.54) is 25.7 Å². The third-order valence-corrected chi connectivity index (χ3v) is 4.00. The zero-order valence-electron chi connectivity index (χ0n) is 9.21. The van der Waals surface area contributed by atoms with Gasteiger partial charge in [-0.1, -0.05) is 31.9 Å². The quantitative estimate of drug-likeness (QED) is 0.635. The molecule has 0 radical (unpaired) electrons. The van der Waals surface area contributed by atoms with E-state index in [9.17, 15) is 5.11 Å². The summed E-state index contributed by atoms with van der Waals surface area (Å²) in [7, 11) is 0. The molecule has 0 aliphatic heterocycles. The minimum absolute atomic E-state index is 0.451. The summed E-state index contributed by atoms with van der Waals surface area (Å²) in [6.45, 7) is 2.32. The Morgan fingerprint density at radius 3 is 2.79 bits per heavy atom. The first-order valence-electron chi connectivity index (χ1n) is 6.11. The van der Waals surface area contributed by atoms with Crippen molar-refractivity contribution in [2.24, 2.45) is 11.8 Å². The fourth-order valence-corrected chi connectivity index (χ4v) is 3.10. The molecule has 80 valence electrons. The standard InChI is InChI=1S/C13H22O/c1-11-6-5-7-12(10-11)13(14)8-3-2-4-9-13/h3,8,11-12,14H,2,4-7,9-10H2,1H3. The summed E-state index contributed by atoms with van der Waals surface area (Å²) in [5.74, 6) is 1.34. The Hall–Kier alpha value is -0.300. The van der Waals surface area contributed by atoms with Gasteiger partial charge in [-0.3, -0.25) is 0 Å². The van der Waals surface area contributed by atoms with Crippen molar-refractivity contribution in [1.29, 1.82) is 0 Å². The van der Waals surface area contributed by atoms with E-state index >= 15 is 0 Å². The summed E-state index contributed by atoms with van der Waals surface area (Å²) in [6.07, 6.45) is 12.7. The summed E-state index contributed by atoms with van der Waals surface area (Å²) in [4.78, 5) is 0. The fraction of sp³-hybridized carbons (Fsp3) is 0.846. The van der Waals surface area contributed by atoms with Crippen LogP contribution in [0.2, 0.25) is 0 Å². The van der Waals surface area contributed by atoms with E-state index in [4.69, 9.17) is 0 Å². The second-order valence-corrected chi connectivity index (χ2v) is 5.25. The van der Waals surface area contributed by atoms with Crippen molar-refractivity contribution in [3.63, 3.8) is 0 Å². The van der Waals surface area contributed by atoms with Crippen LogP contribution in [0.3, 0.4) is 0 Å². The highest BCUT2D eigenvalue weighted by molar-refractivity contribution is 5.08. The Morgan fingerprint density at radius 2 is 2.14 bits per heavy atom. The van der Waals surface area contributed by atoms with Gasteiger partial charge >= 0.3 is 0 Å². The van der Waals surface area contributed by atoms with Crippen LogP contribution in [0.25, 0.3) is 0 Å². The molecule has 0 aromatic rings. The van der Waals surface area contributed by atoms with Crippen molar-refractivity contribution in [2.45, 2.75) is 57.5 Å². The largest absolute Gasteiger partial charge is 0.386 e. The Kier molecular flexibility index (Phi) is 2.96. The van der Waals surface area contributed by atoms with E-state index < -0.39 is 5.60 Å². The predicted octanol–water partition coefficient (Wildman–Crippen LogP) is 3.28. The Bertz CT molecular complexity index is 221. The molecule has 0 amide bonds. The van der Waals surface area contributed by atoms with E-state index in [-0.39, 0.29) is 0 Å². The lowest BCUT2D eigenvalue weighted by Crippen LogP contribution is -2.39. The maximum atomic E-state index is 10.5. The summed E-state index contributed by atoms with van der Waals surface area (Å²) >= 11 is 0. The molecule has 2 aliphatic rings. The summed E-state index contributed by atoms with van der Waals surface area (Å²) in [5, 5.41) is 10.5. The first-order valence-corrected chi connectivity index (χ1v) is 6.11. The van der Waals surface area contributed by atoms with Crippen LogP contribution in [0.5, 0.6) is 0 Å². The fourth-order valence-electron chi connectivity index (χ4n) is 3.10. The average Bonchev–Trinajstić information content (AvgIpc) is 2.19. The van der Waals surface area contributed by atoms with Crippen LogP contribution < -0.4 is 0 Å². The molecular formula is C13H22O. The third-order valence-electron chi connectivity index (χ3n) is 4.00. The smallest absolute Gasteiger partial charge is 0.0855 e. The van der Waals surface area contributed by atoms with Crippen LogP contribution in [0.15, 0.2) is 12.2 Å². The molecule has 1 saturated carbocycles. The predicted molar refractivity (Wildman–Crippen MR) is 59.1 cm³/mol. The summed E-state index contributed by atoms with van der Waals surface area (Å²) < 4.78 is 0. The van der Waals surface area contributed by atoms with Gasteiger partial charge in [0.05, 0.1) is 5.60 Å². The molecule has 0 heterocycles. The number of hydrogen-bond donors (Lipinski definition) is 1. The molecule has 1 fully saturated rings. The SMILES string of the molecule is CC1CCCC(C2(O)C=CCCC2)C1. The molecule has 1 nitrogen and oxygen atoms in total. The second-order valence-electron chi connectivity index (χ2n) is 5.25. The molecule has 14 heavy (non-hydrogen) atoms. The second kappa shape index (κ2) is 4.06. The zero-order chi connectivity index (χ0) is 10.0. The van der Waals surface area contributed by atoms with Gasteiger partial charge in [-0.25, -0.2) is 0 Å². The van der Waals surface area contributed by atoms with Crippen molar-refractivity contribution in [3.05, 3.63) is 12.2 Å². The molecular weight excluding hydrogens is 172 g/mol. The van der Waals surface area contributed by atoms with Gasteiger partial charge in [0.1, 0.15) is 0 Å². The molecule has 2 rings (SSSR count). The lowest BCUT2D eigenvalue weighted by atomic mass is 9.70. The van der Waals surface area contributed by atoms with Gasteiger partial charge in [0.2, 0.25) is 0 Å². The number of rotatable bonds is 1. The van der Waals surface area contributed by atoms with Crippen LogP contribution in [0.4, 0.5) is 0 Å². The summed E-state index contributed by atoms with van der Waals surface area (Å²) in [5.41, 5.74) is -0.451. The van der Waals surface area contributed by atoms with E-state index in [0.29, 0.717) is 5.92 Å². The molecule has 0 aromatic carbocycles. The number of hydrogen-bond acceptors (Lipinski definition) is 1. The minimum Gasteiger partial charge on any atom is -0.386 e. The highest BCUT2D eigenvalue weighted by Crippen LogP contribution is 2.40. The Balaban J connectivity index is 2.04. The molecule has 3 unspecified atom stereocenters. The molecule has 0 spiro atoms. The van der Waals surface area contributed by atoms with E-state index in [0.717, 1.165) is 25.2 Å². The van der Waals surface area contributed by atoms with Crippen LogP contribution in [0.1, 0.15) is 51.9 Å². The number of aliphatic hydroxyl groups is 1. The van der Waals surface area contributed by atoms with Crippen LogP contribution in [0, 0.1) is 11.8 Å². The average molecular weight is 194 g/mol. The van der Waals surface area contributed by atoms with E-state index in [2.05, 4.69) is 19.1 Å². The molecule has 3 atom stereocenters. The first-order chi connectivity index (χ1) is 6.71. The van der Waals surface area contributed by atoms with E-state index in [1.54, 1.807) is 0 Å². The van der Waals surface area contributed by atoms with Gasteiger partial charge in [-0.2, -0.15) is 0 Å². The molecule has 2 aliphatic carbocycles. The minimum atomic E-state index is -0.451. The number of allylic oxidation sites excluding steroid dienone is 1. The molecule has 0 aromatic heterocycles. The van der Waals surface area contributed by atoms with Gasteiger partial charge in [-0.05, 0) is 43.9 Å². The first kappa shape index (κ1) is 10.2. The molecule has 0 saturated heterocycles. The van der Waals surface area contributed by atoms with Gasteiger partial charge in [-0.15, -0.1) is 0 Å². The van der Waals surface area contributed by atoms with Crippen LogP contribution in [-0.4, -0.2) is 10.7 Å². The van der Waals surface area contributed by atoms with Crippen LogP contribution in [-0.2, 0) is 0 Å². The maximum absolute atomic E-state index is 10.5. The van der Waals surface area contributed by atoms with Crippen molar-refractivity contribution in [3.8, 4) is 0 Å². The van der Waals surface area contributed by atoms with Gasteiger partial charge in [0.15, 0.2) is 0 Å². The Morgan fingerprint density at radius 1 is 1.29 bits per heavy atom. The van der Waals surface area contributed by atoms with Gasteiger partial charge in [0, 0.05) is 0 Å². The van der Waals surface area contributed by atoms with Gasteiger partial charge in [0.25, 0.3) is 0 Å². The maximum Gasteiger partial charge on any atom is 0.0855 e. The van der Waals surface area contributed by atoms with Gasteiger partial charge < -0.3 is 5.11 Å². The summed E-state index contributed by atoms with van der Waals surface area (Å²) in [6, 6.07) is 0. The lowest BCUT2D eigenvalue weighted by Gasteiger charge is -2.40. The Labute approximate surface area is 87.2 Å². The van der Waals surface area contributed by atoms with Crippen molar-refractivity contribution in [2.75, 3.05) is 0 Å². The highest BCUT2D eigenvalue weighted by Gasteiger charge is 2.36. The topological polar surface area (TPSA) is 20.2 Å². The third kappa shape index (κ3) is 2.03. The zero-order valence-corrected chi connectivity index (χ0v) is 9.21.